The number of hydrogen-bond donors (Lipinski definition) is 2. The summed E-state index contributed by atoms with van der Waals surface area (Å²) in [5.74, 6) is 0. The Morgan fingerprint density at radius 2 is 2.24 bits per heavy atom. The topological polar surface area (TPSA) is 79.3 Å². The molecule has 0 saturated heterocycles. The van der Waals surface area contributed by atoms with Gasteiger partial charge in [-0.25, -0.2) is 18.1 Å². The lowest BCUT2D eigenvalue weighted by Gasteiger charge is -2.10. The van der Waals surface area contributed by atoms with Gasteiger partial charge < -0.3 is 5.11 Å². The maximum absolute atomic E-state index is 11.8. The molecule has 0 aliphatic rings. The van der Waals surface area contributed by atoms with Gasteiger partial charge in [-0.1, -0.05) is 13.0 Å². The van der Waals surface area contributed by atoms with E-state index in [1.165, 1.54) is 12.3 Å². The molecule has 1 aromatic heterocycles. The van der Waals surface area contributed by atoms with Crippen LogP contribution in [-0.2, 0) is 16.6 Å². The third-order valence-electron chi connectivity index (χ3n) is 2.22. The Bertz CT molecular complexity index is 445. The van der Waals surface area contributed by atoms with E-state index in [1.54, 1.807) is 17.8 Å². The summed E-state index contributed by atoms with van der Waals surface area (Å²) in [6, 6.07) is 2.93. The summed E-state index contributed by atoms with van der Waals surface area (Å²) in [6.07, 6.45) is 3.28. The first-order valence-corrected chi connectivity index (χ1v) is 7.85. The van der Waals surface area contributed by atoms with Crippen LogP contribution in [0.3, 0.4) is 0 Å². The maximum atomic E-state index is 11.8. The number of aliphatic hydroxyl groups excluding tert-OH is 1. The van der Waals surface area contributed by atoms with Gasteiger partial charge in [0.25, 0.3) is 10.0 Å². The highest BCUT2D eigenvalue weighted by molar-refractivity contribution is 7.99. The van der Waals surface area contributed by atoms with Gasteiger partial charge in [0, 0.05) is 18.0 Å². The minimum Gasteiger partial charge on any atom is -0.392 e. The number of nitrogens with one attached hydrogen (secondary N) is 1. The number of hydrogen-bond acceptors (Lipinski definition) is 5. The van der Waals surface area contributed by atoms with Gasteiger partial charge >= 0.3 is 0 Å². The molecule has 0 fully saturated rings. The van der Waals surface area contributed by atoms with Crippen molar-refractivity contribution in [3.63, 3.8) is 0 Å². The number of rotatable bonds is 6. The average Bonchev–Trinajstić information content (AvgIpc) is 2.36. The molecule has 0 spiro atoms. The Morgan fingerprint density at radius 1 is 1.53 bits per heavy atom. The van der Waals surface area contributed by atoms with E-state index in [2.05, 4.69) is 9.71 Å². The van der Waals surface area contributed by atoms with E-state index in [1.807, 2.05) is 13.2 Å². The second-order valence-corrected chi connectivity index (χ2v) is 6.55. The third kappa shape index (κ3) is 4.27. The van der Waals surface area contributed by atoms with Crippen molar-refractivity contribution in [1.29, 1.82) is 0 Å². The lowest BCUT2D eigenvalue weighted by atomic mass is 10.3. The lowest BCUT2D eigenvalue weighted by Crippen LogP contribution is -2.30. The van der Waals surface area contributed by atoms with Gasteiger partial charge in [0.2, 0.25) is 0 Å². The smallest absolute Gasteiger partial charge is 0.258 e. The minimum absolute atomic E-state index is 0.0250. The van der Waals surface area contributed by atoms with Crippen LogP contribution in [0.5, 0.6) is 0 Å². The molecule has 0 aromatic carbocycles. The Balaban J connectivity index is 2.75. The van der Waals surface area contributed by atoms with Gasteiger partial charge in [0.05, 0.1) is 6.61 Å². The number of aliphatic hydroxyl groups is 1. The predicted octanol–water partition coefficient (Wildman–Crippen LogP) is 0.604. The summed E-state index contributed by atoms with van der Waals surface area (Å²) in [7, 11) is -3.55. The van der Waals surface area contributed by atoms with Crippen LogP contribution in [0.15, 0.2) is 23.4 Å². The van der Waals surface area contributed by atoms with Crippen molar-refractivity contribution in [2.24, 2.45) is 0 Å². The van der Waals surface area contributed by atoms with Crippen LogP contribution < -0.4 is 4.72 Å². The van der Waals surface area contributed by atoms with E-state index in [9.17, 15) is 8.42 Å². The van der Waals surface area contributed by atoms with E-state index >= 15 is 0 Å². The largest absolute Gasteiger partial charge is 0.392 e. The van der Waals surface area contributed by atoms with Crippen LogP contribution in [0.1, 0.15) is 12.5 Å². The Kier molecular flexibility index (Phi) is 5.38. The van der Waals surface area contributed by atoms with Gasteiger partial charge in [-0.2, -0.15) is 11.8 Å². The second kappa shape index (κ2) is 6.34. The molecule has 1 aromatic rings. The first kappa shape index (κ1) is 14.4. The van der Waals surface area contributed by atoms with Crippen LogP contribution in [-0.4, -0.2) is 36.6 Å². The Hall–Kier alpha value is -0.630. The van der Waals surface area contributed by atoms with E-state index in [-0.39, 0.29) is 16.9 Å². The summed E-state index contributed by atoms with van der Waals surface area (Å²) in [5, 5.41) is 9.02. The van der Waals surface area contributed by atoms with E-state index in [0.717, 1.165) is 0 Å². The van der Waals surface area contributed by atoms with E-state index < -0.39 is 10.0 Å². The van der Waals surface area contributed by atoms with Crippen molar-refractivity contribution in [1.82, 2.24) is 9.71 Å². The summed E-state index contributed by atoms with van der Waals surface area (Å²) in [5.41, 5.74) is 0.585. The summed E-state index contributed by atoms with van der Waals surface area (Å²) in [4.78, 5) is 3.81. The number of nitrogens with zero attached hydrogens (tertiary/aromatic N) is 1. The lowest BCUT2D eigenvalue weighted by molar-refractivity contribution is 0.281. The molecule has 17 heavy (non-hydrogen) atoms. The van der Waals surface area contributed by atoms with Crippen molar-refractivity contribution in [2.75, 3.05) is 12.8 Å². The molecular weight excluding hydrogens is 260 g/mol. The highest BCUT2D eigenvalue weighted by Gasteiger charge is 2.16. The van der Waals surface area contributed by atoms with Gasteiger partial charge in [-0.15, -0.1) is 0 Å². The van der Waals surface area contributed by atoms with Crippen molar-refractivity contribution >= 4 is 21.8 Å². The van der Waals surface area contributed by atoms with Crippen molar-refractivity contribution in [3.8, 4) is 0 Å². The van der Waals surface area contributed by atoms with Crippen molar-refractivity contribution < 1.29 is 13.5 Å². The highest BCUT2D eigenvalue weighted by atomic mass is 32.2. The zero-order chi connectivity index (χ0) is 12.9. The van der Waals surface area contributed by atoms with Crippen LogP contribution in [0.2, 0.25) is 0 Å². The Morgan fingerprint density at radius 3 is 2.71 bits per heavy atom. The zero-order valence-corrected chi connectivity index (χ0v) is 11.4. The molecular formula is C10H16N2O3S2. The molecule has 0 aliphatic carbocycles. The molecule has 5 nitrogen and oxygen atoms in total. The number of thioether (sulfide) groups is 1. The molecule has 0 aliphatic heterocycles. The van der Waals surface area contributed by atoms with Crippen molar-refractivity contribution in [2.45, 2.75) is 23.8 Å². The summed E-state index contributed by atoms with van der Waals surface area (Å²) >= 11 is 1.59. The number of sulfonamides is 1. The maximum Gasteiger partial charge on any atom is 0.258 e. The van der Waals surface area contributed by atoms with Gasteiger partial charge in [-0.3, -0.25) is 0 Å². The van der Waals surface area contributed by atoms with Crippen LogP contribution in [0.25, 0.3) is 0 Å². The normalized spacial score (nSPS) is 13.6. The minimum atomic E-state index is -3.55. The van der Waals surface area contributed by atoms with E-state index in [0.29, 0.717) is 12.1 Å². The van der Waals surface area contributed by atoms with Gasteiger partial charge in [-0.05, 0) is 17.9 Å². The molecule has 1 heterocycles. The van der Waals surface area contributed by atoms with E-state index in [4.69, 9.17) is 5.11 Å². The highest BCUT2D eigenvalue weighted by Crippen LogP contribution is 2.08. The average molecular weight is 276 g/mol. The quantitative estimate of drug-likeness (QED) is 0.795. The monoisotopic (exact) mass is 276 g/mol. The fourth-order valence-electron chi connectivity index (χ4n) is 1.05. The van der Waals surface area contributed by atoms with Crippen LogP contribution >= 0.6 is 11.8 Å². The molecule has 1 unspecified atom stereocenters. The fourth-order valence-corrected chi connectivity index (χ4v) is 2.46. The van der Waals surface area contributed by atoms with Crippen LogP contribution in [0, 0.1) is 0 Å². The molecule has 2 N–H and O–H groups in total. The van der Waals surface area contributed by atoms with Gasteiger partial charge in [0.1, 0.15) is 0 Å². The fraction of sp³-hybridized carbons (Fsp3) is 0.500. The molecule has 96 valence electrons. The zero-order valence-electron chi connectivity index (χ0n) is 9.75. The summed E-state index contributed by atoms with van der Waals surface area (Å²) < 4.78 is 26.1. The molecule has 7 heteroatoms. The summed E-state index contributed by atoms with van der Waals surface area (Å²) in [6.45, 7) is 2.16. The molecule has 0 saturated carbocycles. The molecule has 0 bridgehead atoms. The van der Waals surface area contributed by atoms with Crippen molar-refractivity contribution in [3.05, 3.63) is 23.9 Å². The third-order valence-corrected chi connectivity index (χ3v) is 4.53. The van der Waals surface area contributed by atoms with Gasteiger partial charge in [0.15, 0.2) is 5.03 Å². The SMILES string of the molecule is CSC(C)CNS(=O)(=O)c1ccc(CO)cn1. The molecule has 0 radical (unpaired) electrons. The Labute approximate surface area is 106 Å². The predicted molar refractivity (Wildman–Crippen MR) is 68.3 cm³/mol. The molecule has 1 rings (SSSR count). The number of pyridine rings is 1. The standard InChI is InChI=1S/C10H16N2O3S2/c1-8(16-2)5-12-17(14,15)10-4-3-9(7-13)6-11-10/h3-4,6,8,12-13H,5,7H2,1-2H3. The first-order valence-electron chi connectivity index (χ1n) is 5.08. The molecule has 1 atom stereocenters. The van der Waals surface area contributed by atoms with Crippen LogP contribution in [0.4, 0.5) is 0 Å². The number of aromatic nitrogens is 1. The second-order valence-electron chi connectivity index (χ2n) is 3.56. The first-order chi connectivity index (χ1) is 7.99. The molecule has 0 amide bonds.